The van der Waals surface area contributed by atoms with Gasteiger partial charge in [0.05, 0.1) is 0 Å². The Kier molecular flexibility index (Phi) is 3.75. The summed E-state index contributed by atoms with van der Waals surface area (Å²) in [6.07, 6.45) is 2.01. The fourth-order valence-corrected chi connectivity index (χ4v) is 2.48. The summed E-state index contributed by atoms with van der Waals surface area (Å²) >= 11 is 0. The van der Waals surface area contributed by atoms with E-state index in [9.17, 15) is 5.11 Å². The van der Waals surface area contributed by atoms with Crippen LogP contribution in [0.2, 0.25) is 0 Å². The summed E-state index contributed by atoms with van der Waals surface area (Å²) in [5.41, 5.74) is 0. The molecule has 1 atom stereocenters. The average molecular weight is 265 g/mol. The summed E-state index contributed by atoms with van der Waals surface area (Å²) < 4.78 is 16.1. The summed E-state index contributed by atoms with van der Waals surface area (Å²) in [5, 5.41) is 9.94. The number of ether oxygens (including phenoxy) is 3. The molecule has 1 aromatic carbocycles. The van der Waals surface area contributed by atoms with E-state index in [0.717, 1.165) is 18.8 Å². The molecule has 19 heavy (non-hydrogen) atoms. The van der Waals surface area contributed by atoms with Gasteiger partial charge in [-0.15, -0.1) is 0 Å². The van der Waals surface area contributed by atoms with Crippen molar-refractivity contribution in [1.82, 2.24) is 4.90 Å². The van der Waals surface area contributed by atoms with Crippen LogP contribution in [-0.4, -0.2) is 49.1 Å². The van der Waals surface area contributed by atoms with Gasteiger partial charge >= 0.3 is 0 Å². The number of aliphatic hydroxyl groups excluding tert-OH is 1. The standard InChI is InChI=1S/C14H19NO4/c16-11(8-15-5-1-2-6-15)9-17-12-3-4-13-14(7-12)19-10-18-13/h3-4,7,11,16H,1-2,5-6,8-10H2/t11-/m0/s1. The topological polar surface area (TPSA) is 51.2 Å². The molecule has 0 bridgehead atoms. The maximum absolute atomic E-state index is 9.94. The fraction of sp³-hybridized carbons (Fsp3) is 0.571. The van der Waals surface area contributed by atoms with Crippen molar-refractivity contribution in [2.24, 2.45) is 0 Å². The van der Waals surface area contributed by atoms with Gasteiger partial charge in [-0.3, -0.25) is 0 Å². The Bertz CT molecular complexity index is 431. The van der Waals surface area contributed by atoms with Crippen LogP contribution in [0, 0.1) is 0 Å². The van der Waals surface area contributed by atoms with Crippen LogP contribution in [0.4, 0.5) is 0 Å². The van der Waals surface area contributed by atoms with Gasteiger partial charge in [-0.25, -0.2) is 0 Å². The van der Waals surface area contributed by atoms with E-state index in [-0.39, 0.29) is 6.79 Å². The minimum Gasteiger partial charge on any atom is -0.491 e. The Morgan fingerprint density at radius 1 is 1.21 bits per heavy atom. The molecular formula is C14H19NO4. The maximum Gasteiger partial charge on any atom is 0.231 e. The lowest BCUT2D eigenvalue weighted by Crippen LogP contribution is -2.33. The van der Waals surface area contributed by atoms with Gasteiger partial charge < -0.3 is 24.2 Å². The molecule has 0 amide bonds. The molecule has 0 aromatic heterocycles. The number of aliphatic hydroxyl groups is 1. The van der Waals surface area contributed by atoms with E-state index in [2.05, 4.69) is 4.90 Å². The van der Waals surface area contributed by atoms with Crippen LogP contribution in [-0.2, 0) is 0 Å². The summed E-state index contributed by atoms with van der Waals surface area (Å²) in [5.74, 6) is 2.14. The molecule has 0 unspecified atom stereocenters. The number of fused-ring (bicyclic) bond motifs is 1. The normalized spacial score (nSPS) is 19.6. The SMILES string of the molecule is O[C@H](COc1ccc2c(c1)OCO2)CN1CCCC1. The smallest absolute Gasteiger partial charge is 0.231 e. The predicted octanol–water partition coefficient (Wildman–Crippen LogP) is 1.25. The van der Waals surface area contributed by atoms with E-state index in [1.54, 1.807) is 6.07 Å². The summed E-state index contributed by atoms with van der Waals surface area (Å²) in [7, 11) is 0. The molecule has 5 nitrogen and oxygen atoms in total. The monoisotopic (exact) mass is 265 g/mol. The van der Waals surface area contributed by atoms with E-state index in [1.165, 1.54) is 12.8 Å². The number of nitrogens with zero attached hydrogens (tertiary/aromatic N) is 1. The predicted molar refractivity (Wildman–Crippen MR) is 69.7 cm³/mol. The molecule has 5 heteroatoms. The maximum atomic E-state index is 9.94. The van der Waals surface area contributed by atoms with Crippen LogP contribution < -0.4 is 14.2 Å². The second-order valence-corrected chi connectivity index (χ2v) is 4.99. The van der Waals surface area contributed by atoms with E-state index in [1.807, 2.05) is 12.1 Å². The molecule has 0 spiro atoms. The second kappa shape index (κ2) is 5.67. The van der Waals surface area contributed by atoms with Crippen LogP contribution in [0.15, 0.2) is 18.2 Å². The zero-order chi connectivity index (χ0) is 13.1. The first-order chi connectivity index (χ1) is 9.31. The summed E-state index contributed by atoms with van der Waals surface area (Å²) in [4.78, 5) is 2.27. The van der Waals surface area contributed by atoms with Gasteiger partial charge in [0, 0.05) is 12.6 Å². The quantitative estimate of drug-likeness (QED) is 0.868. The highest BCUT2D eigenvalue weighted by Crippen LogP contribution is 2.35. The number of hydrogen-bond acceptors (Lipinski definition) is 5. The number of benzene rings is 1. The molecule has 1 aromatic rings. The minimum atomic E-state index is -0.455. The Hall–Kier alpha value is -1.46. The van der Waals surface area contributed by atoms with E-state index in [4.69, 9.17) is 14.2 Å². The minimum absolute atomic E-state index is 0.260. The molecule has 0 saturated carbocycles. The van der Waals surface area contributed by atoms with E-state index < -0.39 is 6.10 Å². The first-order valence-electron chi connectivity index (χ1n) is 6.74. The average Bonchev–Trinajstić information content (AvgIpc) is 3.06. The van der Waals surface area contributed by atoms with Crippen LogP contribution >= 0.6 is 0 Å². The van der Waals surface area contributed by atoms with Gasteiger partial charge in [0.25, 0.3) is 0 Å². The molecule has 2 aliphatic heterocycles. The molecule has 0 aliphatic carbocycles. The Morgan fingerprint density at radius 3 is 2.84 bits per heavy atom. The summed E-state index contributed by atoms with van der Waals surface area (Å²) in [6, 6.07) is 5.45. The van der Waals surface area contributed by atoms with Gasteiger partial charge in [0.15, 0.2) is 11.5 Å². The van der Waals surface area contributed by atoms with Crippen molar-refractivity contribution in [2.45, 2.75) is 18.9 Å². The van der Waals surface area contributed by atoms with Crippen molar-refractivity contribution < 1.29 is 19.3 Å². The molecule has 2 aliphatic rings. The Morgan fingerprint density at radius 2 is 2.00 bits per heavy atom. The zero-order valence-electron chi connectivity index (χ0n) is 10.9. The van der Waals surface area contributed by atoms with Gasteiger partial charge in [-0.2, -0.15) is 0 Å². The third kappa shape index (κ3) is 3.11. The van der Waals surface area contributed by atoms with Crippen LogP contribution in [0.1, 0.15) is 12.8 Å². The lowest BCUT2D eigenvalue weighted by Gasteiger charge is -2.19. The Labute approximate surface area is 112 Å². The van der Waals surface area contributed by atoms with Crippen LogP contribution in [0.3, 0.4) is 0 Å². The van der Waals surface area contributed by atoms with Gasteiger partial charge in [-0.05, 0) is 38.1 Å². The van der Waals surface area contributed by atoms with Crippen molar-refractivity contribution in [3.05, 3.63) is 18.2 Å². The van der Waals surface area contributed by atoms with Crippen LogP contribution in [0.5, 0.6) is 17.2 Å². The second-order valence-electron chi connectivity index (χ2n) is 4.99. The van der Waals surface area contributed by atoms with Gasteiger partial charge in [-0.1, -0.05) is 0 Å². The molecule has 1 N–H and O–H groups in total. The number of β-amino-alcohol motifs (C(OH)–C–C–N with tert-alkyl or cyclic N) is 1. The van der Waals surface area contributed by atoms with E-state index >= 15 is 0 Å². The number of likely N-dealkylation sites (tertiary alicyclic amines) is 1. The first-order valence-corrected chi connectivity index (χ1v) is 6.74. The lowest BCUT2D eigenvalue weighted by molar-refractivity contribution is 0.0757. The van der Waals surface area contributed by atoms with Crippen LogP contribution in [0.25, 0.3) is 0 Å². The third-order valence-corrected chi connectivity index (χ3v) is 3.45. The molecular weight excluding hydrogens is 246 g/mol. The highest BCUT2D eigenvalue weighted by molar-refractivity contribution is 5.46. The van der Waals surface area contributed by atoms with Crippen molar-refractivity contribution >= 4 is 0 Å². The lowest BCUT2D eigenvalue weighted by atomic mass is 10.3. The number of hydrogen-bond donors (Lipinski definition) is 1. The highest BCUT2D eigenvalue weighted by Gasteiger charge is 2.17. The van der Waals surface area contributed by atoms with Gasteiger partial charge in [0.1, 0.15) is 18.5 Å². The summed E-state index contributed by atoms with van der Waals surface area (Å²) in [6.45, 7) is 3.42. The van der Waals surface area contributed by atoms with Crippen molar-refractivity contribution in [3.63, 3.8) is 0 Å². The Balaban J connectivity index is 1.48. The van der Waals surface area contributed by atoms with Crippen molar-refractivity contribution in [2.75, 3.05) is 33.0 Å². The molecule has 1 fully saturated rings. The first kappa shape index (κ1) is 12.6. The number of rotatable bonds is 5. The molecule has 3 rings (SSSR count). The highest BCUT2D eigenvalue weighted by atomic mass is 16.7. The molecule has 0 radical (unpaired) electrons. The molecule has 104 valence electrons. The van der Waals surface area contributed by atoms with Crippen molar-refractivity contribution in [3.8, 4) is 17.2 Å². The zero-order valence-corrected chi connectivity index (χ0v) is 10.9. The van der Waals surface area contributed by atoms with Gasteiger partial charge in [0.2, 0.25) is 6.79 Å². The van der Waals surface area contributed by atoms with Crippen molar-refractivity contribution in [1.29, 1.82) is 0 Å². The fourth-order valence-electron chi connectivity index (χ4n) is 2.48. The third-order valence-electron chi connectivity index (χ3n) is 3.45. The largest absolute Gasteiger partial charge is 0.491 e. The molecule has 1 saturated heterocycles. The van der Waals surface area contributed by atoms with E-state index in [0.29, 0.717) is 24.7 Å². The molecule has 2 heterocycles.